The largest absolute Gasteiger partial charge is 0.369 e. The highest BCUT2D eigenvalue weighted by Crippen LogP contribution is 2.55. The van der Waals surface area contributed by atoms with Gasteiger partial charge in [0.2, 0.25) is 16.0 Å². The number of non-ortho nitro benzene ring substituents is 1. The summed E-state index contributed by atoms with van der Waals surface area (Å²) in [6.45, 7) is 0. The monoisotopic (exact) mass is 378 g/mol. The molecule has 1 aliphatic carbocycles. The van der Waals surface area contributed by atoms with Gasteiger partial charge in [0, 0.05) is 37.6 Å². The quantitative estimate of drug-likeness (QED) is 0.615. The van der Waals surface area contributed by atoms with Gasteiger partial charge in [0.05, 0.1) is 4.92 Å². The van der Waals surface area contributed by atoms with Gasteiger partial charge in [-0.2, -0.15) is 0 Å². The Morgan fingerprint density at radius 3 is 2.68 bits per heavy atom. The molecule has 1 heterocycles. The number of alkyl halides is 2. The zero-order chi connectivity index (χ0) is 18.8. The van der Waals surface area contributed by atoms with Crippen molar-refractivity contribution in [3.05, 3.63) is 39.7 Å². The summed E-state index contributed by atoms with van der Waals surface area (Å²) in [6.07, 6.45) is -2.20. The molecule has 1 saturated carbocycles. The minimum absolute atomic E-state index is 0.562. The summed E-state index contributed by atoms with van der Waals surface area (Å²) < 4.78 is 68.3. The van der Waals surface area contributed by atoms with E-state index in [0.29, 0.717) is 4.31 Å². The molecule has 0 spiro atoms. The van der Waals surface area contributed by atoms with Gasteiger partial charge in [-0.25, -0.2) is 30.9 Å². The molecule has 2 N–H and O–H groups in total. The fraction of sp³-hybridized carbons (Fsp3) is 0.462. The summed E-state index contributed by atoms with van der Waals surface area (Å²) in [7, 11) is -3.30. The van der Waals surface area contributed by atoms with Crippen LogP contribution >= 0.6 is 0 Å². The number of sulfonamides is 1. The molecule has 8 nitrogen and oxygen atoms in total. The van der Waals surface area contributed by atoms with Crippen LogP contribution in [0.3, 0.4) is 0 Å². The Morgan fingerprint density at radius 2 is 2.08 bits per heavy atom. The topological polar surface area (TPSA) is 119 Å². The Kier molecular flexibility index (Phi) is 3.54. The summed E-state index contributed by atoms with van der Waals surface area (Å²) in [5, 5.41) is 9.17. The van der Waals surface area contributed by atoms with Crippen molar-refractivity contribution in [2.45, 2.75) is 29.6 Å². The molecular weight excluding hydrogens is 365 g/mol. The van der Waals surface area contributed by atoms with E-state index >= 15 is 0 Å². The van der Waals surface area contributed by atoms with E-state index in [2.05, 4.69) is 4.99 Å². The first-order chi connectivity index (χ1) is 11.4. The fourth-order valence-corrected chi connectivity index (χ4v) is 5.26. The standard InChI is InChI=1S/C13H13F3N4O4S/c1-19-11(17)18-13(6-12(15,16)5-10(13)25(19,23)24)8-4-7(20(21)22)2-3-9(8)14/h2-4,10H,5-6H2,1H3,(H2,17,18). The number of hydrogen-bond donors (Lipinski definition) is 1. The minimum atomic E-state index is -4.35. The lowest BCUT2D eigenvalue weighted by molar-refractivity contribution is -0.385. The predicted octanol–water partition coefficient (Wildman–Crippen LogP) is 1.32. The van der Waals surface area contributed by atoms with Crippen LogP contribution in [0.2, 0.25) is 0 Å². The molecule has 0 radical (unpaired) electrons. The Labute approximate surface area is 140 Å². The number of fused-ring (bicyclic) bond motifs is 1. The molecule has 12 heteroatoms. The van der Waals surface area contributed by atoms with Gasteiger partial charge in [-0.15, -0.1) is 0 Å². The number of nitro benzene ring substituents is 1. The highest BCUT2D eigenvalue weighted by Gasteiger charge is 2.65. The number of guanidine groups is 1. The number of nitrogens with two attached hydrogens (primary N) is 1. The minimum Gasteiger partial charge on any atom is -0.369 e. The SMILES string of the molecule is CN1C(N)=NC2(c3cc([N+](=O)[O-])ccc3F)CC(F)(F)CC2S1(=O)=O. The normalized spacial score (nSPS) is 29.8. The van der Waals surface area contributed by atoms with Crippen LogP contribution in [-0.4, -0.2) is 41.8 Å². The van der Waals surface area contributed by atoms with Crippen molar-refractivity contribution in [1.82, 2.24) is 4.31 Å². The average molecular weight is 378 g/mol. The summed E-state index contributed by atoms with van der Waals surface area (Å²) >= 11 is 0. The molecule has 1 fully saturated rings. The van der Waals surface area contributed by atoms with Crippen LogP contribution in [0, 0.1) is 15.9 Å². The second kappa shape index (κ2) is 5.07. The molecule has 0 aromatic heterocycles. The van der Waals surface area contributed by atoms with Gasteiger partial charge in [0.1, 0.15) is 16.6 Å². The summed E-state index contributed by atoms with van der Waals surface area (Å²) in [4.78, 5) is 14.0. The fourth-order valence-electron chi connectivity index (χ4n) is 3.37. The van der Waals surface area contributed by atoms with Crippen LogP contribution in [0.25, 0.3) is 0 Å². The lowest BCUT2D eigenvalue weighted by atomic mass is 9.87. The van der Waals surface area contributed by atoms with E-state index in [1.807, 2.05) is 0 Å². The Morgan fingerprint density at radius 1 is 1.44 bits per heavy atom. The maximum Gasteiger partial charge on any atom is 0.270 e. The maximum atomic E-state index is 14.4. The van der Waals surface area contributed by atoms with Gasteiger partial charge in [0.25, 0.3) is 11.6 Å². The van der Waals surface area contributed by atoms with Crippen molar-refractivity contribution < 1.29 is 26.5 Å². The number of rotatable bonds is 2. The second-order valence-electron chi connectivity index (χ2n) is 6.05. The van der Waals surface area contributed by atoms with Crippen LogP contribution < -0.4 is 5.73 Å². The van der Waals surface area contributed by atoms with Crippen LogP contribution in [0.4, 0.5) is 18.9 Å². The molecule has 1 aromatic carbocycles. The van der Waals surface area contributed by atoms with E-state index in [0.717, 1.165) is 25.2 Å². The lowest BCUT2D eigenvalue weighted by Crippen LogP contribution is -2.55. The molecule has 2 atom stereocenters. The molecule has 25 heavy (non-hydrogen) atoms. The third-order valence-electron chi connectivity index (χ3n) is 4.55. The molecule has 3 rings (SSSR count). The predicted molar refractivity (Wildman–Crippen MR) is 81.0 cm³/mol. The number of aliphatic imine (C=N–C) groups is 1. The molecular formula is C13H13F3N4O4S. The molecule has 2 unspecified atom stereocenters. The number of hydrogen-bond acceptors (Lipinski definition) is 6. The van der Waals surface area contributed by atoms with E-state index in [4.69, 9.17) is 5.73 Å². The van der Waals surface area contributed by atoms with Crippen LogP contribution in [0.15, 0.2) is 23.2 Å². The van der Waals surface area contributed by atoms with E-state index in [1.165, 1.54) is 0 Å². The summed E-state index contributed by atoms with van der Waals surface area (Å²) in [5.41, 5.74) is 2.19. The lowest BCUT2D eigenvalue weighted by Gasteiger charge is -2.38. The van der Waals surface area contributed by atoms with Crippen LogP contribution in [-0.2, 0) is 15.6 Å². The highest BCUT2D eigenvalue weighted by atomic mass is 32.2. The van der Waals surface area contributed by atoms with E-state index in [1.54, 1.807) is 0 Å². The zero-order valence-corrected chi connectivity index (χ0v) is 13.6. The van der Waals surface area contributed by atoms with Gasteiger partial charge in [-0.1, -0.05) is 0 Å². The number of benzene rings is 1. The third-order valence-corrected chi connectivity index (χ3v) is 6.78. The smallest absolute Gasteiger partial charge is 0.270 e. The average Bonchev–Trinajstić information content (AvgIpc) is 2.78. The molecule has 0 bridgehead atoms. The molecule has 1 aromatic rings. The van der Waals surface area contributed by atoms with Crippen molar-refractivity contribution in [2.24, 2.45) is 10.7 Å². The van der Waals surface area contributed by atoms with Crippen molar-refractivity contribution in [1.29, 1.82) is 0 Å². The maximum absolute atomic E-state index is 14.4. The highest BCUT2D eigenvalue weighted by molar-refractivity contribution is 7.90. The molecule has 1 aliphatic heterocycles. The molecule has 0 amide bonds. The number of nitro groups is 1. The van der Waals surface area contributed by atoms with Crippen molar-refractivity contribution in [3.63, 3.8) is 0 Å². The van der Waals surface area contributed by atoms with Crippen molar-refractivity contribution in [3.8, 4) is 0 Å². The first kappa shape index (κ1) is 17.5. The van der Waals surface area contributed by atoms with E-state index in [9.17, 15) is 31.7 Å². The van der Waals surface area contributed by atoms with Gasteiger partial charge in [-0.05, 0) is 6.07 Å². The van der Waals surface area contributed by atoms with E-state index in [-0.39, 0.29) is 0 Å². The van der Waals surface area contributed by atoms with Crippen molar-refractivity contribution in [2.75, 3.05) is 7.05 Å². The zero-order valence-electron chi connectivity index (χ0n) is 12.8. The Hall–Kier alpha value is -2.37. The van der Waals surface area contributed by atoms with E-state index < -0.39 is 67.5 Å². The first-order valence-electron chi connectivity index (χ1n) is 7.06. The molecule has 2 aliphatic rings. The summed E-state index contributed by atoms with van der Waals surface area (Å²) in [5.74, 6) is -5.10. The van der Waals surface area contributed by atoms with Gasteiger partial charge in [-0.3, -0.25) is 10.1 Å². The van der Waals surface area contributed by atoms with Crippen LogP contribution in [0.5, 0.6) is 0 Å². The van der Waals surface area contributed by atoms with Crippen LogP contribution in [0.1, 0.15) is 18.4 Å². The third kappa shape index (κ3) is 2.42. The number of halogens is 3. The second-order valence-corrected chi connectivity index (χ2v) is 8.20. The Balaban J connectivity index is 2.34. The van der Waals surface area contributed by atoms with Crippen molar-refractivity contribution >= 4 is 21.7 Å². The van der Waals surface area contributed by atoms with Gasteiger partial charge in [0.15, 0.2) is 0 Å². The summed E-state index contributed by atoms with van der Waals surface area (Å²) in [6, 6.07) is 2.32. The van der Waals surface area contributed by atoms with Gasteiger partial charge >= 0.3 is 0 Å². The Bertz CT molecular complexity index is 905. The number of nitrogens with zero attached hydrogens (tertiary/aromatic N) is 3. The van der Waals surface area contributed by atoms with Gasteiger partial charge < -0.3 is 5.73 Å². The molecule has 136 valence electrons. The first-order valence-corrected chi connectivity index (χ1v) is 8.56. The molecule has 0 saturated heterocycles.